The molecule has 47 heavy (non-hydrogen) atoms. The number of methoxy groups -OCH3 is 2. The van der Waals surface area contributed by atoms with Crippen LogP contribution in [0.5, 0.6) is 0 Å². The first-order valence-corrected chi connectivity index (χ1v) is 15.8. The number of ether oxygens (including phenoxy) is 2. The summed E-state index contributed by atoms with van der Waals surface area (Å²) in [5, 5.41) is 10.2. The van der Waals surface area contributed by atoms with Crippen LogP contribution in [0.4, 0.5) is 0 Å². The first-order chi connectivity index (χ1) is 22.8. The number of pyridine rings is 3. The third-order valence-corrected chi connectivity index (χ3v) is 8.50. The Labute approximate surface area is 277 Å². The Balaban J connectivity index is 1.27. The third kappa shape index (κ3) is 9.11. The molecule has 0 spiro atoms. The first-order valence-electron chi connectivity index (χ1n) is 14.9. The van der Waals surface area contributed by atoms with Gasteiger partial charge in [0.05, 0.1) is 59.6 Å². The number of aliphatic hydroxyl groups is 1. The smallest absolute Gasteiger partial charge is 0.337 e. The van der Waals surface area contributed by atoms with E-state index in [0.29, 0.717) is 55.2 Å². The number of esters is 2. The van der Waals surface area contributed by atoms with Crippen molar-refractivity contribution in [1.29, 1.82) is 0 Å². The summed E-state index contributed by atoms with van der Waals surface area (Å²) in [6.45, 7) is 2.88. The van der Waals surface area contributed by atoms with E-state index in [4.69, 9.17) is 14.5 Å². The van der Waals surface area contributed by atoms with E-state index in [9.17, 15) is 14.7 Å². The lowest BCUT2D eigenvalue weighted by Crippen LogP contribution is -2.33. The van der Waals surface area contributed by atoms with Crippen LogP contribution in [0, 0.1) is 0 Å². The molecule has 1 aromatic carbocycles. The van der Waals surface area contributed by atoms with Crippen molar-refractivity contribution in [3.8, 4) is 21.1 Å². The van der Waals surface area contributed by atoms with Crippen LogP contribution in [0.2, 0.25) is 0 Å². The summed E-state index contributed by atoms with van der Waals surface area (Å²) in [6, 6.07) is 20.5. The molecule has 0 aliphatic rings. The van der Waals surface area contributed by atoms with Gasteiger partial charge in [0.15, 0.2) is 0 Å². The van der Waals surface area contributed by atoms with E-state index in [1.807, 2.05) is 55.7 Å². The van der Waals surface area contributed by atoms with Gasteiger partial charge >= 0.3 is 11.9 Å². The van der Waals surface area contributed by atoms with Gasteiger partial charge in [-0.3, -0.25) is 19.8 Å². The molecular formula is C35H36N6O5S. The van der Waals surface area contributed by atoms with Gasteiger partial charge in [0.1, 0.15) is 5.01 Å². The van der Waals surface area contributed by atoms with E-state index in [1.54, 1.807) is 48.0 Å². The fourth-order valence-electron chi connectivity index (χ4n) is 4.95. The third-order valence-electron chi connectivity index (χ3n) is 7.43. The molecule has 5 rings (SSSR count). The van der Waals surface area contributed by atoms with Crippen molar-refractivity contribution in [3.63, 3.8) is 0 Å². The van der Waals surface area contributed by atoms with Gasteiger partial charge in [0, 0.05) is 51.3 Å². The summed E-state index contributed by atoms with van der Waals surface area (Å²) >= 11 is 1.58. The molecule has 0 radical (unpaired) electrons. The zero-order chi connectivity index (χ0) is 33.2. The number of aliphatic hydroxyl groups excluding tert-OH is 1. The summed E-state index contributed by atoms with van der Waals surface area (Å²) in [7, 11) is 4.74. The summed E-state index contributed by atoms with van der Waals surface area (Å²) in [5.41, 5.74) is 5.92. The van der Waals surface area contributed by atoms with Crippen LogP contribution >= 0.6 is 11.3 Å². The molecule has 0 aliphatic heterocycles. The largest absolute Gasteiger partial charge is 0.465 e. The van der Waals surface area contributed by atoms with Gasteiger partial charge in [-0.2, -0.15) is 0 Å². The van der Waals surface area contributed by atoms with E-state index >= 15 is 0 Å². The monoisotopic (exact) mass is 652 g/mol. The number of hydrogen-bond donors (Lipinski definition) is 1. The number of aromatic nitrogens is 4. The number of thiazole rings is 1. The van der Waals surface area contributed by atoms with E-state index in [1.165, 1.54) is 14.2 Å². The zero-order valence-electron chi connectivity index (χ0n) is 26.5. The fourth-order valence-corrected chi connectivity index (χ4v) is 5.84. The predicted molar refractivity (Wildman–Crippen MR) is 178 cm³/mol. The number of carbonyl (C=O) groups is 2. The van der Waals surface area contributed by atoms with Crippen molar-refractivity contribution < 1.29 is 24.2 Å². The van der Waals surface area contributed by atoms with Crippen LogP contribution in [0.15, 0.2) is 85.3 Å². The Morgan fingerprint density at radius 2 is 1.43 bits per heavy atom. The minimum Gasteiger partial charge on any atom is -0.465 e. The van der Waals surface area contributed by atoms with Gasteiger partial charge in [0.2, 0.25) is 0 Å². The number of benzene rings is 1. The molecular weight excluding hydrogens is 616 g/mol. The highest BCUT2D eigenvalue weighted by Gasteiger charge is 2.16. The Kier molecular flexibility index (Phi) is 11.5. The summed E-state index contributed by atoms with van der Waals surface area (Å²) < 4.78 is 9.76. The zero-order valence-corrected chi connectivity index (χ0v) is 27.3. The standard InChI is InChI=1S/C35H36N6O5S/c1-40(20-28-5-4-6-31(39-28)33-38-19-32(47-33)25-9-7-24(23-42)8-10-25)15-16-41(21-29-17-26(11-13-36-29)34(43)45-2)22-30-18-27(12-14-37-30)35(44)46-3/h4-14,17-19,42H,15-16,20-23H2,1-3H3. The second kappa shape index (κ2) is 16.1. The van der Waals surface area contributed by atoms with E-state index in [-0.39, 0.29) is 6.61 Å². The minimum atomic E-state index is -0.423. The quantitative estimate of drug-likeness (QED) is 0.165. The highest BCUT2D eigenvalue weighted by atomic mass is 32.1. The highest BCUT2D eigenvalue weighted by Crippen LogP contribution is 2.31. The second-order valence-electron chi connectivity index (χ2n) is 10.9. The molecule has 0 amide bonds. The molecule has 0 unspecified atom stereocenters. The Morgan fingerprint density at radius 3 is 2.02 bits per heavy atom. The maximum atomic E-state index is 12.1. The number of rotatable bonds is 14. The molecule has 0 saturated carbocycles. The summed E-state index contributed by atoms with van der Waals surface area (Å²) in [4.78, 5) is 48.1. The Bertz CT molecular complexity index is 1750. The number of carbonyl (C=O) groups excluding carboxylic acids is 2. The van der Waals surface area contributed by atoms with E-state index in [0.717, 1.165) is 32.4 Å². The molecule has 0 bridgehead atoms. The van der Waals surface area contributed by atoms with Crippen LogP contribution in [0.1, 0.15) is 43.4 Å². The van der Waals surface area contributed by atoms with Crippen LogP contribution in [0.25, 0.3) is 21.1 Å². The predicted octanol–water partition coefficient (Wildman–Crippen LogP) is 4.86. The van der Waals surface area contributed by atoms with Crippen molar-refractivity contribution in [2.75, 3.05) is 34.4 Å². The molecule has 0 saturated heterocycles. The molecule has 4 aromatic heterocycles. The summed E-state index contributed by atoms with van der Waals surface area (Å²) in [5.74, 6) is -0.847. The lowest BCUT2D eigenvalue weighted by molar-refractivity contribution is 0.0591. The van der Waals surface area contributed by atoms with Crippen LogP contribution in [0.3, 0.4) is 0 Å². The average molecular weight is 653 g/mol. The molecule has 12 heteroatoms. The van der Waals surface area contributed by atoms with Crippen molar-refractivity contribution in [1.82, 2.24) is 29.7 Å². The van der Waals surface area contributed by atoms with Crippen molar-refractivity contribution in [3.05, 3.63) is 119 Å². The fraction of sp³-hybridized carbons (Fsp3) is 0.257. The second-order valence-corrected chi connectivity index (χ2v) is 11.9. The maximum Gasteiger partial charge on any atom is 0.337 e. The highest BCUT2D eigenvalue weighted by molar-refractivity contribution is 7.18. The molecule has 242 valence electrons. The van der Waals surface area contributed by atoms with E-state index < -0.39 is 11.9 Å². The van der Waals surface area contributed by atoms with E-state index in [2.05, 4.69) is 24.8 Å². The SMILES string of the molecule is COC(=O)c1ccnc(CN(CCN(C)Cc2cccc(-c3ncc(-c4ccc(CO)cc4)s3)n2)Cc2cc(C(=O)OC)ccn2)c1. The van der Waals surface area contributed by atoms with Crippen LogP contribution in [-0.4, -0.2) is 81.1 Å². The minimum absolute atomic E-state index is 0.0155. The van der Waals surface area contributed by atoms with Crippen molar-refractivity contribution in [2.45, 2.75) is 26.2 Å². The molecule has 0 fully saturated rings. The van der Waals surface area contributed by atoms with Gasteiger partial charge in [-0.15, -0.1) is 11.3 Å². The molecule has 0 aliphatic carbocycles. The number of hydrogen-bond acceptors (Lipinski definition) is 12. The first kappa shape index (κ1) is 33.5. The lowest BCUT2D eigenvalue weighted by Gasteiger charge is -2.25. The van der Waals surface area contributed by atoms with Gasteiger partial charge < -0.3 is 14.6 Å². The molecule has 0 atom stereocenters. The lowest BCUT2D eigenvalue weighted by atomic mass is 10.1. The van der Waals surface area contributed by atoms with Gasteiger partial charge in [-0.05, 0) is 54.6 Å². The molecule has 1 N–H and O–H groups in total. The van der Waals surface area contributed by atoms with Crippen LogP contribution < -0.4 is 0 Å². The van der Waals surface area contributed by atoms with Gasteiger partial charge in [0.25, 0.3) is 0 Å². The topological polar surface area (TPSA) is 131 Å². The number of nitrogens with zero attached hydrogens (tertiary/aromatic N) is 6. The average Bonchev–Trinajstić information content (AvgIpc) is 3.61. The molecule has 4 heterocycles. The van der Waals surface area contributed by atoms with Crippen LogP contribution in [-0.2, 0) is 35.7 Å². The molecule has 5 aromatic rings. The van der Waals surface area contributed by atoms with Crippen molar-refractivity contribution >= 4 is 23.3 Å². The summed E-state index contributed by atoms with van der Waals surface area (Å²) in [6.07, 6.45) is 5.05. The van der Waals surface area contributed by atoms with Gasteiger partial charge in [-0.25, -0.2) is 19.6 Å². The van der Waals surface area contributed by atoms with Gasteiger partial charge in [-0.1, -0.05) is 30.3 Å². The maximum absolute atomic E-state index is 12.1. The Hall–Kier alpha value is -4.88. The Morgan fingerprint density at radius 1 is 0.787 bits per heavy atom. The number of likely N-dealkylation sites (N-methyl/N-ethyl adjacent to an activating group) is 1. The van der Waals surface area contributed by atoms with Crippen molar-refractivity contribution in [2.24, 2.45) is 0 Å². The normalized spacial score (nSPS) is 11.2. The molecule has 11 nitrogen and oxygen atoms in total.